The molecule has 5 nitrogen and oxygen atoms in total. The minimum absolute atomic E-state index is 0. The molecule has 0 bridgehead atoms. The van der Waals surface area contributed by atoms with E-state index in [1.165, 1.54) is 0 Å². The van der Waals surface area contributed by atoms with Crippen LogP contribution in [0.25, 0.3) is 0 Å². The summed E-state index contributed by atoms with van der Waals surface area (Å²) in [5.74, 6) is 0.478. The number of nitrogens with two attached hydrogens (primary N) is 1. The van der Waals surface area contributed by atoms with Crippen LogP contribution in [-0.2, 0) is 4.79 Å². The van der Waals surface area contributed by atoms with Gasteiger partial charge in [0.05, 0.1) is 6.54 Å². The van der Waals surface area contributed by atoms with E-state index in [0.29, 0.717) is 25.0 Å². The summed E-state index contributed by atoms with van der Waals surface area (Å²) in [6.07, 6.45) is 1.39. The summed E-state index contributed by atoms with van der Waals surface area (Å²) >= 11 is 0. The normalized spacial score (nSPS) is 12.6. The molecule has 0 saturated heterocycles. The molecule has 0 radical (unpaired) electrons. The van der Waals surface area contributed by atoms with E-state index in [4.69, 9.17) is 5.73 Å². The van der Waals surface area contributed by atoms with Crippen LogP contribution in [0.5, 0.6) is 0 Å². The summed E-state index contributed by atoms with van der Waals surface area (Å²) in [4.78, 5) is 16.8. The van der Waals surface area contributed by atoms with Crippen molar-refractivity contribution in [1.29, 1.82) is 0 Å². The molecule has 0 aliphatic rings. The van der Waals surface area contributed by atoms with Crippen LogP contribution in [0.15, 0.2) is 4.99 Å². The Hall–Kier alpha value is -0.530. The maximum absolute atomic E-state index is 11.2. The van der Waals surface area contributed by atoms with Crippen LogP contribution < -0.4 is 11.1 Å². The van der Waals surface area contributed by atoms with E-state index in [1.54, 1.807) is 19.0 Å². The zero-order chi connectivity index (χ0) is 11.8. The molecule has 0 aromatic heterocycles. The molecule has 0 heterocycles. The van der Waals surface area contributed by atoms with E-state index >= 15 is 0 Å². The average Bonchev–Trinajstić information content (AvgIpc) is 2.17. The summed E-state index contributed by atoms with van der Waals surface area (Å²) < 4.78 is 0. The zero-order valence-corrected chi connectivity index (χ0v) is 12.8. The largest absolute Gasteiger partial charge is 0.370 e. The maximum atomic E-state index is 11.2. The molecule has 0 rings (SSSR count). The second-order valence-corrected chi connectivity index (χ2v) is 3.76. The standard InChI is InChI=1S/C10H22N4O.HI/c1-5-8(2)13-10(11)12-7-6-9(15)14(3)4;/h8H,5-7H2,1-4H3,(H3,11,12,13);1H. The van der Waals surface area contributed by atoms with E-state index in [2.05, 4.69) is 17.2 Å². The summed E-state index contributed by atoms with van der Waals surface area (Å²) in [7, 11) is 3.46. The topological polar surface area (TPSA) is 70.7 Å². The number of nitrogens with one attached hydrogen (secondary N) is 1. The Morgan fingerprint density at radius 2 is 2.06 bits per heavy atom. The van der Waals surface area contributed by atoms with Crippen molar-refractivity contribution in [3.05, 3.63) is 0 Å². The Balaban J connectivity index is 0. The first kappa shape index (κ1) is 17.9. The molecule has 6 heteroatoms. The lowest BCUT2D eigenvalue weighted by molar-refractivity contribution is -0.128. The molecule has 0 spiro atoms. The molecule has 0 aromatic carbocycles. The van der Waals surface area contributed by atoms with Crippen molar-refractivity contribution in [3.8, 4) is 0 Å². The summed E-state index contributed by atoms with van der Waals surface area (Å²) in [5.41, 5.74) is 5.63. The number of aliphatic imine (C=N–C) groups is 1. The van der Waals surface area contributed by atoms with Crippen LogP contribution >= 0.6 is 24.0 Å². The minimum Gasteiger partial charge on any atom is -0.370 e. The number of carbonyl (C=O) groups is 1. The fourth-order valence-corrected chi connectivity index (χ4v) is 0.896. The van der Waals surface area contributed by atoms with Gasteiger partial charge in [0.1, 0.15) is 0 Å². The molecular formula is C10H23IN4O. The first-order valence-corrected chi connectivity index (χ1v) is 5.24. The first-order chi connectivity index (χ1) is 6.97. The van der Waals surface area contributed by atoms with Gasteiger partial charge in [0.25, 0.3) is 0 Å². The fraction of sp³-hybridized carbons (Fsp3) is 0.800. The number of nitrogens with zero attached hydrogens (tertiary/aromatic N) is 2. The van der Waals surface area contributed by atoms with Gasteiger partial charge < -0.3 is 16.0 Å². The molecule has 1 unspecified atom stereocenters. The van der Waals surface area contributed by atoms with Gasteiger partial charge in [-0.1, -0.05) is 6.92 Å². The van der Waals surface area contributed by atoms with Gasteiger partial charge >= 0.3 is 0 Å². The molecule has 3 N–H and O–H groups in total. The highest BCUT2D eigenvalue weighted by atomic mass is 127. The van der Waals surface area contributed by atoms with Gasteiger partial charge in [-0.15, -0.1) is 24.0 Å². The molecular weight excluding hydrogens is 319 g/mol. The van der Waals surface area contributed by atoms with Crippen LogP contribution in [0.2, 0.25) is 0 Å². The second-order valence-electron chi connectivity index (χ2n) is 3.76. The maximum Gasteiger partial charge on any atom is 0.223 e. The predicted octanol–water partition coefficient (Wildman–Crippen LogP) is 0.785. The highest BCUT2D eigenvalue weighted by molar-refractivity contribution is 14.0. The quantitative estimate of drug-likeness (QED) is 0.441. The third-order valence-electron chi connectivity index (χ3n) is 2.11. The number of carbonyl (C=O) groups excluding carboxylic acids is 1. The summed E-state index contributed by atoms with van der Waals surface area (Å²) in [6.45, 7) is 4.54. The van der Waals surface area contributed by atoms with Gasteiger partial charge in [0.15, 0.2) is 5.96 Å². The van der Waals surface area contributed by atoms with E-state index in [9.17, 15) is 4.79 Å². The van der Waals surface area contributed by atoms with Crippen LogP contribution in [0.3, 0.4) is 0 Å². The van der Waals surface area contributed by atoms with Crippen molar-refractivity contribution >= 4 is 35.8 Å². The lowest BCUT2D eigenvalue weighted by atomic mass is 10.3. The SMILES string of the molecule is CCC(C)NC(N)=NCCC(=O)N(C)C.I. The van der Waals surface area contributed by atoms with Crippen molar-refractivity contribution in [3.63, 3.8) is 0 Å². The Labute approximate surface area is 115 Å². The molecule has 16 heavy (non-hydrogen) atoms. The number of guanidine groups is 1. The summed E-state index contributed by atoms with van der Waals surface area (Å²) in [6, 6.07) is 0.318. The number of hydrogen-bond acceptors (Lipinski definition) is 2. The average molecular weight is 342 g/mol. The first-order valence-electron chi connectivity index (χ1n) is 5.24. The lowest BCUT2D eigenvalue weighted by Gasteiger charge is -2.12. The Bertz CT molecular complexity index is 231. The highest BCUT2D eigenvalue weighted by Crippen LogP contribution is 1.89. The smallest absolute Gasteiger partial charge is 0.223 e. The Morgan fingerprint density at radius 1 is 1.50 bits per heavy atom. The van der Waals surface area contributed by atoms with E-state index in [-0.39, 0.29) is 29.9 Å². The van der Waals surface area contributed by atoms with E-state index in [0.717, 1.165) is 6.42 Å². The van der Waals surface area contributed by atoms with Crippen molar-refractivity contribution in [2.75, 3.05) is 20.6 Å². The fourth-order valence-electron chi connectivity index (χ4n) is 0.896. The van der Waals surface area contributed by atoms with Crippen LogP contribution in [0.1, 0.15) is 26.7 Å². The predicted molar refractivity (Wildman–Crippen MR) is 78.1 cm³/mol. The van der Waals surface area contributed by atoms with E-state index in [1.807, 2.05) is 6.92 Å². The van der Waals surface area contributed by atoms with Gasteiger partial charge in [-0.25, -0.2) is 0 Å². The van der Waals surface area contributed by atoms with E-state index < -0.39 is 0 Å². The van der Waals surface area contributed by atoms with Crippen molar-refractivity contribution < 1.29 is 4.79 Å². The third-order valence-corrected chi connectivity index (χ3v) is 2.11. The Morgan fingerprint density at radius 3 is 2.50 bits per heavy atom. The van der Waals surface area contributed by atoms with Crippen molar-refractivity contribution in [1.82, 2.24) is 10.2 Å². The molecule has 0 saturated carbocycles. The number of amides is 1. The van der Waals surface area contributed by atoms with Gasteiger partial charge in [0.2, 0.25) is 5.91 Å². The number of halogens is 1. The van der Waals surface area contributed by atoms with Gasteiger partial charge in [-0.05, 0) is 13.3 Å². The van der Waals surface area contributed by atoms with Gasteiger partial charge in [-0.2, -0.15) is 0 Å². The molecule has 96 valence electrons. The van der Waals surface area contributed by atoms with Gasteiger partial charge in [-0.3, -0.25) is 9.79 Å². The molecule has 0 fully saturated rings. The molecule has 1 amide bonds. The third kappa shape index (κ3) is 8.75. The summed E-state index contributed by atoms with van der Waals surface area (Å²) in [5, 5.41) is 3.04. The van der Waals surface area contributed by atoms with Crippen LogP contribution in [0, 0.1) is 0 Å². The molecule has 0 aliphatic carbocycles. The molecule has 0 aliphatic heterocycles. The van der Waals surface area contributed by atoms with Crippen LogP contribution in [0.4, 0.5) is 0 Å². The number of rotatable bonds is 5. The lowest BCUT2D eigenvalue weighted by Crippen LogP contribution is -2.38. The van der Waals surface area contributed by atoms with Gasteiger partial charge in [0, 0.05) is 26.6 Å². The highest BCUT2D eigenvalue weighted by Gasteiger charge is 2.03. The van der Waals surface area contributed by atoms with Crippen LogP contribution in [-0.4, -0.2) is 43.4 Å². The molecule has 0 aromatic rings. The number of hydrogen-bond donors (Lipinski definition) is 2. The zero-order valence-electron chi connectivity index (χ0n) is 10.5. The monoisotopic (exact) mass is 342 g/mol. The minimum atomic E-state index is 0. The van der Waals surface area contributed by atoms with Crippen molar-refractivity contribution in [2.24, 2.45) is 10.7 Å². The van der Waals surface area contributed by atoms with Crippen molar-refractivity contribution in [2.45, 2.75) is 32.7 Å². The molecule has 1 atom stereocenters. The Kier molecular flexibility index (Phi) is 10.8. The second kappa shape index (κ2) is 9.68.